The van der Waals surface area contributed by atoms with Crippen LogP contribution in [0.3, 0.4) is 0 Å². The summed E-state index contributed by atoms with van der Waals surface area (Å²) in [5.41, 5.74) is 3.33. The number of halogens is 1. The number of nitrogens with zero attached hydrogens (tertiary/aromatic N) is 1. The van der Waals surface area contributed by atoms with Crippen molar-refractivity contribution in [2.24, 2.45) is 23.7 Å². The van der Waals surface area contributed by atoms with Crippen LogP contribution in [-0.2, 0) is 26.6 Å². The Labute approximate surface area is 259 Å². The number of carbonyl (C=O) groups excluding carboxylic acids is 1. The lowest BCUT2D eigenvalue weighted by atomic mass is 9.68. The lowest BCUT2D eigenvalue weighted by Crippen LogP contribution is -2.49. The van der Waals surface area contributed by atoms with Gasteiger partial charge >= 0.3 is 0 Å². The molecule has 2 aromatic carbocycles. The molecule has 232 valence electrons. The van der Waals surface area contributed by atoms with Gasteiger partial charge in [-0.15, -0.1) is 0 Å². The number of aliphatic hydroxyl groups is 1. The smallest absolute Gasteiger partial charge is 0.264 e. The minimum atomic E-state index is -3.96. The zero-order chi connectivity index (χ0) is 30.4. The zero-order valence-electron chi connectivity index (χ0n) is 24.8. The molecule has 1 spiro atoms. The highest BCUT2D eigenvalue weighted by Crippen LogP contribution is 2.47. The molecule has 0 aromatic heterocycles. The first-order chi connectivity index (χ1) is 20.6. The molecule has 2 bridgehead atoms. The Morgan fingerprint density at radius 3 is 2.77 bits per heavy atom. The SMILES string of the molecule is CO[C@H]1/C=C\[C@@H](CO)[C@@H](C)CS(=O)(=O)NC(=O)c2ccc3c(c2)N(C[C@@H]2CC[C@H]21)C[C@@]1(CCCc2cc(Cl)ccc21)CO3. The summed E-state index contributed by atoms with van der Waals surface area (Å²) >= 11 is 6.40. The third kappa shape index (κ3) is 6.06. The van der Waals surface area contributed by atoms with E-state index in [1.165, 1.54) is 11.1 Å². The fourth-order valence-corrected chi connectivity index (χ4v) is 9.20. The molecule has 1 amide bonds. The number of benzene rings is 2. The summed E-state index contributed by atoms with van der Waals surface area (Å²) < 4.78 is 40.9. The van der Waals surface area contributed by atoms with E-state index in [1.807, 2.05) is 18.2 Å². The molecular formula is C33H41ClN2O6S. The van der Waals surface area contributed by atoms with Gasteiger partial charge in [0.1, 0.15) is 5.75 Å². The molecule has 0 radical (unpaired) electrons. The Morgan fingerprint density at radius 1 is 1.19 bits per heavy atom. The molecule has 2 heterocycles. The molecule has 10 heteroatoms. The number of hydrogen-bond donors (Lipinski definition) is 2. The van der Waals surface area contributed by atoms with Gasteiger partial charge in [-0.1, -0.05) is 36.7 Å². The first-order valence-electron chi connectivity index (χ1n) is 15.3. The average molecular weight is 629 g/mol. The number of ether oxygens (including phenoxy) is 2. The highest BCUT2D eigenvalue weighted by atomic mass is 35.5. The van der Waals surface area contributed by atoms with E-state index in [1.54, 1.807) is 32.2 Å². The van der Waals surface area contributed by atoms with Gasteiger partial charge in [-0.05, 0) is 91.3 Å². The Balaban J connectivity index is 1.43. The molecule has 2 aromatic rings. The first-order valence-corrected chi connectivity index (χ1v) is 17.3. The van der Waals surface area contributed by atoms with E-state index in [4.69, 9.17) is 21.1 Å². The molecule has 6 rings (SSSR count). The third-order valence-electron chi connectivity index (χ3n) is 10.1. The molecule has 6 atom stereocenters. The minimum Gasteiger partial charge on any atom is -0.490 e. The molecule has 1 saturated carbocycles. The Morgan fingerprint density at radius 2 is 2.02 bits per heavy atom. The highest BCUT2D eigenvalue weighted by Gasteiger charge is 2.44. The fraction of sp³-hybridized carbons (Fsp3) is 0.545. The quantitative estimate of drug-likeness (QED) is 0.464. The number of nitrogens with one attached hydrogen (secondary N) is 1. The maximum atomic E-state index is 13.3. The number of rotatable bonds is 2. The summed E-state index contributed by atoms with van der Waals surface area (Å²) in [6.45, 7) is 3.54. The molecule has 2 N–H and O–H groups in total. The van der Waals surface area contributed by atoms with E-state index >= 15 is 0 Å². The van der Waals surface area contributed by atoms with Crippen LogP contribution < -0.4 is 14.4 Å². The minimum absolute atomic E-state index is 0.148. The van der Waals surface area contributed by atoms with Crippen molar-refractivity contribution in [3.05, 3.63) is 70.3 Å². The first kappa shape index (κ1) is 30.4. The number of aliphatic hydroxyl groups excluding tert-OH is 1. The largest absolute Gasteiger partial charge is 0.490 e. The van der Waals surface area contributed by atoms with Crippen molar-refractivity contribution < 1.29 is 27.8 Å². The van der Waals surface area contributed by atoms with Crippen LogP contribution in [0.25, 0.3) is 0 Å². The molecule has 1 fully saturated rings. The lowest BCUT2D eigenvalue weighted by Gasteiger charge is -2.46. The van der Waals surface area contributed by atoms with Crippen molar-refractivity contribution in [1.82, 2.24) is 4.72 Å². The highest BCUT2D eigenvalue weighted by molar-refractivity contribution is 7.90. The summed E-state index contributed by atoms with van der Waals surface area (Å²) in [6.07, 6.45) is 8.78. The summed E-state index contributed by atoms with van der Waals surface area (Å²) in [6, 6.07) is 11.4. The van der Waals surface area contributed by atoms with E-state index < -0.39 is 21.8 Å². The molecule has 2 aliphatic carbocycles. The molecule has 8 nitrogen and oxygen atoms in total. The van der Waals surface area contributed by atoms with Crippen LogP contribution in [0.2, 0.25) is 5.02 Å². The van der Waals surface area contributed by atoms with E-state index in [0.717, 1.165) is 49.4 Å². The second kappa shape index (κ2) is 12.1. The number of methoxy groups -OCH3 is 1. The van der Waals surface area contributed by atoms with Gasteiger partial charge in [0.2, 0.25) is 10.0 Å². The summed E-state index contributed by atoms with van der Waals surface area (Å²) in [5, 5.41) is 10.8. The Kier molecular flexibility index (Phi) is 8.54. The van der Waals surface area contributed by atoms with Crippen LogP contribution in [-0.4, -0.2) is 64.7 Å². The van der Waals surface area contributed by atoms with Gasteiger partial charge in [0.25, 0.3) is 5.91 Å². The van der Waals surface area contributed by atoms with E-state index in [0.29, 0.717) is 24.8 Å². The van der Waals surface area contributed by atoms with Crippen molar-refractivity contribution in [1.29, 1.82) is 0 Å². The van der Waals surface area contributed by atoms with E-state index in [9.17, 15) is 18.3 Å². The number of amides is 1. The summed E-state index contributed by atoms with van der Waals surface area (Å²) in [7, 11) is -2.25. The van der Waals surface area contributed by atoms with Crippen molar-refractivity contribution >= 4 is 33.2 Å². The Bertz CT molecular complexity index is 1510. The Hall–Kier alpha value is -2.59. The molecule has 0 unspecified atom stereocenters. The second-order valence-corrected chi connectivity index (χ2v) is 15.1. The third-order valence-corrected chi connectivity index (χ3v) is 11.8. The molecule has 2 aliphatic heterocycles. The van der Waals surface area contributed by atoms with Gasteiger partial charge in [-0.2, -0.15) is 0 Å². The van der Waals surface area contributed by atoms with Crippen molar-refractivity contribution in [3.63, 3.8) is 0 Å². The second-order valence-electron chi connectivity index (χ2n) is 12.9. The van der Waals surface area contributed by atoms with Crippen LogP contribution in [0.1, 0.15) is 54.1 Å². The average Bonchev–Trinajstić information content (AvgIpc) is 3.10. The summed E-state index contributed by atoms with van der Waals surface area (Å²) in [5.74, 6) is -0.433. The van der Waals surface area contributed by atoms with Gasteiger partial charge in [0, 0.05) is 48.7 Å². The monoisotopic (exact) mass is 628 g/mol. The molecular weight excluding hydrogens is 588 g/mol. The van der Waals surface area contributed by atoms with Gasteiger partial charge in [0.05, 0.1) is 24.2 Å². The van der Waals surface area contributed by atoms with Gasteiger partial charge in [-0.3, -0.25) is 4.79 Å². The number of sulfonamides is 1. The van der Waals surface area contributed by atoms with Crippen molar-refractivity contribution in [3.8, 4) is 5.75 Å². The molecule has 43 heavy (non-hydrogen) atoms. The number of aryl methyl sites for hydroxylation is 1. The van der Waals surface area contributed by atoms with Gasteiger partial charge in [-0.25, -0.2) is 13.1 Å². The lowest BCUT2D eigenvalue weighted by molar-refractivity contribution is 0.0128. The van der Waals surface area contributed by atoms with Gasteiger partial charge in [0.15, 0.2) is 0 Å². The number of anilines is 1. The number of carbonyl (C=O) groups is 1. The van der Waals surface area contributed by atoms with Gasteiger partial charge < -0.3 is 19.5 Å². The number of hydrogen-bond acceptors (Lipinski definition) is 7. The predicted molar refractivity (Wildman–Crippen MR) is 167 cm³/mol. The predicted octanol–water partition coefficient (Wildman–Crippen LogP) is 4.73. The maximum Gasteiger partial charge on any atom is 0.264 e. The fourth-order valence-electron chi connectivity index (χ4n) is 7.58. The van der Waals surface area contributed by atoms with E-state index in [-0.39, 0.29) is 41.3 Å². The van der Waals surface area contributed by atoms with E-state index in [2.05, 4.69) is 21.8 Å². The maximum absolute atomic E-state index is 13.3. The number of fused-ring (bicyclic) bond motifs is 4. The van der Waals surface area contributed by atoms with Crippen molar-refractivity contribution in [2.75, 3.05) is 44.1 Å². The topological polar surface area (TPSA) is 105 Å². The van der Waals surface area contributed by atoms with Crippen LogP contribution in [0, 0.1) is 23.7 Å². The molecule has 4 aliphatic rings. The van der Waals surface area contributed by atoms with Crippen molar-refractivity contribution in [2.45, 2.75) is 50.5 Å². The standard InChI is InChI=1S/C33H41ClN2O6S/c1-21-18-43(39,40)35-32(38)23-6-12-31-29(15-23)36(16-24-5-9-27(24)30(41-2)11-7-25(21)17-37)19-33(20-42-31)13-3-4-22-14-26(34)8-10-28(22)33/h6-8,10-12,14-15,21,24-25,27,30,37H,3-5,9,13,16-20H2,1-2H3,(H,35,38)/b11-7-/t21-,24-,25-,27+,30-,33-/m0/s1. The normalized spacial score (nSPS) is 32.8. The van der Waals surface area contributed by atoms with Crippen LogP contribution in [0.15, 0.2) is 48.6 Å². The van der Waals surface area contributed by atoms with Crippen LogP contribution in [0.5, 0.6) is 5.75 Å². The molecule has 0 saturated heterocycles. The van der Waals surface area contributed by atoms with Crippen LogP contribution in [0.4, 0.5) is 5.69 Å². The zero-order valence-corrected chi connectivity index (χ0v) is 26.4. The summed E-state index contributed by atoms with van der Waals surface area (Å²) in [4.78, 5) is 15.7. The van der Waals surface area contributed by atoms with Crippen LogP contribution >= 0.6 is 11.6 Å².